The summed E-state index contributed by atoms with van der Waals surface area (Å²) >= 11 is 12.9. The molecule has 4 aliphatic rings. The maximum atomic E-state index is 12.7. The summed E-state index contributed by atoms with van der Waals surface area (Å²) in [4.78, 5) is 47.6. The second-order valence-corrected chi connectivity index (χ2v) is 15.9. The number of piperazine rings is 2. The smallest absolute Gasteiger partial charge is 0.410 e. The fourth-order valence-electron chi connectivity index (χ4n) is 6.94. The summed E-state index contributed by atoms with van der Waals surface area (Å²) in [5, 5.41) is 4.69. The molecule has 0 unspecified atom stereocenters. The van der Waals surface area contributed by atoms with E-state index in [-0.39, 0.29) is 17.9 Å². The molecule has 280 valence electrons. The number of likely N-dealkylation sites (tertiary alicyclic amines) is 2. The van der Waals surface area contributed by atoms with Crippen molar-refractivity contribution in [3.63, 3.8) is 0 Å². The lowest BCUT2D eigenvalue weighted by Gasteiger charge is -2.35. The first kappa shape index (κ1) is 39.3. The van der Waals surface area contributed by atoms with E-state index in [0.29, 0.717) is 35.2 Å². The van der Waals surface area contributed by atoms with Gasteiger partial charge in [-0.3, -0.25) is 19.4 Å². The van der Waals surface area contributed by atoms with Crippen LogP contribution in [0, 0.1) is 0 Å². The van der Waals surface area contributed by atoms with Crippen LogP contribution in [0.1, 0.15) is 91.1 Å². The van der Waals surface area contributed by atoms with E-state index in [9.17, 15) is 14.4 Å². The minimum Gasteiger partial charge on any atom is -0.444 e. The predicted molar refractivity (Wildman–Crippen MR) is 204 cm³/mol. The number of halogens is 2. The molecule has 0 aliphatic carbocycles. The Kier molecular flexibility index (Phi) is 14.4. The standard InChI is InChI=1S/C22H32ClN3O3.C17H24ClN3O/c1-22(2,3)29-21(28)26-13-11-24(12-14-26)16-18-8-7-17(15-19(18)23)20(27)25-9-5-4-6-10-25;18-16-12-14(17(22)21-8-2-1-3-9-21)4-5-15(16)13-20-10-6-19-7-11-20/h7-8,15H,4-6,9-14,16H2,1-3H3;4-5,12,19H,1-3,6-11,13H2. The number of ether oxygens (including phenoxy) is 1. The molecule has 2 aromatic rings. The average molecular weight is 744 g/mol. The second-order valence-electron chi connectivity index (χ2n) is 15.1. The molecule has 51 heavy (non-hydrogen) atoms. The molecule has 0 spiro atoms. The molecule has 0 saturated carbocycles. The fourth-order valence-corrected chi connectivity index (χ4v) is 7.42. The third kappa shape index (κ3) is 11.8. The minimum atomic E-state index is -0.477. The molecule has 0 radical (unpaired) electrons. The van der Waals surface area contributed by atoms with Crippen LogP contribution < -0.4 is 5.32 Å². The van der Waals surface area contributed by atoms with Gasteiger partial charge < -0.3 is 24.8 Å². The maximum Gasteiger partial charge on any atom is 0.410 e. The van der Waals surface area contributed by atoms with Gasteiger partial charge in [0.15, 0.2) is 0 Å². The first-order chi connectivity index (χ1) is 24.5. The van der Waals surface area contributed by atoms with Crippen LogP contribution in [-0.4, -0.2) is 127 Å². The van der Waals surface area contributed by atoms with E-state index in [1.54, 1.807) is 11.0 Å². The molecule has 6 rings (SSSR count). The Morgan fingerprint density at radius 3 is 1.45 bits per heavy atom. The van der Waals surface area contributed by atoms with E-state index in [4.69, 9.17) is 27.9 Å². The monoisotopic (exact) mass is 742 g/mol. The van der Waals surface area contributed by atoms with Gasteiger partial charge in [-0.15, -0.1) is 0 Å². The van der Waals surface area contributed by atoms with Crippen LogP contribution in [0.3, 0.4) is 0 Å². The Balaban J connectivity index is 0.000000205. The molecule has 4 heterocycles. The third-order valence-corrected chi connectivity index (χ3v) is 10.6. The molecule has 0 aromatic heterocycles. The second kappa shape index (κ2) is 18.7. The van der Waals surface area contributed by atoms with Gasteiger partial charge in [0.05, 0.1) is 0 Å². The van der Waals surface area contributed by atoms with Crippen LogP contribution >= 0.6 is 23.2 Å². The Hall–Kier alpha value is -2.89. The van der Waals surface area contributed by atoms with E-state index < -0.39 is 5.60 Å². The zero-order valence-corrected chi connectivity index (χ0v) is 32.2. The molecule has 0 atom stereocenters. The molecule has 4 fully saturated rings. The predicted octanol–water partition coefficient (Wildman–Crippen LogP) is 6.39. The molecule has 2 aromatic carbocycles. The summed E-state index contributed by atoms with van der Waals surface area (Å²) in [6, 6.07) is 11.4. The molecule has 10 nitrogen and oxygen atoms in total. The first-order valence-corrected chi connectivity index (χ1v) is 19.5. The van der Waals surface area contributed by atoms with Crippen molar-refractivity contribution in [2.45, 2.75) is 78.0 Å². The third-order valence-electron chi connectivity index (χ3n) is 9.91. The fraction of sp³-hybridized carbons (Fsp3) is 0.615. The van der Waals surface area contributed by atoms with Crippen LogP contribution in [0.4, 0.5) is 4.79 Å². The Morgan fingerprint density at radius 2 is 1.04 bits per heavy atom. The van der Waals surface area contributed by atoms with Crippen molar-refractivity contribution >= 4 is 41.1 Å². The van der Waals surface area contributed by atoms with Gasteiger partial charge in [-0.1, -0.05) is 35.3 Å². The summed E-state index contributed by atoms with van der Waals surface area (Å²) in [6.45, 7) is 17.6. The minimum absolute atomic E-state index is 0.0733. The SMILES string of the molecule is CC(C)(C)OC(=O)N1CCN(Cc2ccc(C(=O)N3CCCCC3)cc2Cl)CC1.O=C(c1ccc(CN2CCNCC2)c(Cl)c1)N1CCCCC1. The van der Waals surface area contributed by atoms with E-state index in [0.717, 1.165) is 114 Å². The number of rotatable bonds is 6. The summed E-state index contributed by atoms with van der Waals surface area (Å²) in [6.07, 6.45) is 6.55. The number of hydrogen-bond acceptors (Lipinski definition) is 7. The largest absolute Gasteiger partial charge is 0.444 e. The summed E-state index contributed by atoms with van der Waals surface area (Å²) in [7, 11) is 0. The number of hydrogen-bond donors (Lipinski definition) is 1. The highest BCUT2D eigenvalue weighted by Gasteiger charge is 2.27. The van der Waals surface area contributed by atoms with Crippen molar-refractivity contribution < 1.29 is 19.1 Å². The highest BCUT2D eigenvalue weighted by Crippen LogP contribution is 2.24. The first-order valence-electron chi connectivity index (χ1n) is 18.8. The summed E-state index contributed by atoms with van der Waals surface area (Å²) < 4.78 is 5.45. The van der Waals surface area contributed by atoms with Crippen LogP contribution in [0.2, 0.25) is 10.0 Å². The molecule has 4 saturated heterocycles. The molecule has 0 bridgehead atoms. The topological polar surface area (TPSA) is 88.7 Å². The van der Waals surface area contributed by atoms with Gasteiger partial charge in [-0.05, 0) is 94.7 Å². The number of nitrogens with one attached hydrogen (secondary N) is 1. The van der Waals surface area contributed by atoms with Gasteiger partial charge in [0.25, 0.3) is 11.8 Å². The number of carbonyl (C=O) groups excluding carboxylic acids is 3. The van der Waals surface area contributed by atoms with Crippen molar-refractivity contribution in [2.75, 3.05) is 78.5 Å². The van der Waals surface area contributed by atoms with Gasteiger partial charge in [-0.25, -0.2) is 4.79 Å². The lowest BCUT2D eigenvalue weighted by Crippen LogP contribution is -2.49. The average Bonchev–Trinajstić information content (AvgIpc) is 3.13. The van der Waals surface area contributed by atoms with Crippen LogP contribution in [0.5, 0.6) is 0 Å². The van der Waals surface area contributed by atoms with Crippen molar-refractivity contribution in [2.24, 2.45) is 0 Å². The van der Waals surface area contributed by atoms with Crippen molar-refractivity contribution in [3.8, 4) is 0 Å². The van der Waals surface area contributed by atoms with Gasteiger partial charge in [0, 0.05) is 113 Å². The van der Waals surface area contributed by atoms with E-state index >= 15 is 0 Å². The van der Waals surface area contributed by atoms with Crippen molar-refractivity contribution in [3.05, 3.63) is 68.7 Å². The summed E-state index contributed by atoms with van der Waals surface area (Å²) in [5.74, 6) is 0.194. The number of nitrogens with zero attached hydrogens (tertiary/aromatic N) is 5. The molecule has 4 aliphatic heterocycles. The van der Waals surface area contributed by atoms with Crippen LogP contribution in [0.15, 0.2) is 36.4 Å². The molecule has 1 N–H and O–H groups in total. The Labute approximate surface area is 314 Å². The lowest BCUT2D eigenvalue weighted by molar-refractivity contribution is 0.0139. The van der Waals surface area contributed by atoms with Crippen LogP contribution in [0.25, 0.3) is 0 Å². The van der Waals surface area contributed by atoms with E-state index in [1.165, 1.54) is 12.8 Å². The zero-order valence-electron chi connectivity index (χ0n) is 30.7. The number of piperidine rings is 2. The Bertz CT molecular complexity index is 1470. The molecular weight excluding hydrogens is 687 g/mol. The van der Waals surface area contributed by atoms with E-state index in [2.05, 4.69) is 15.1 Å². The van der Waals surface area contributed by atoms with Crippen LogP contribution in [-0.2, 0) is 17.8 Å². The highest BCUT2D eigenvalue weighted by molar-refractivity contribution is 6.32. The number of carbonyl (C=O) groups is 3. The van der Waals surface area contributed by atoms with Gasteiger partial charge in [0.2, 0.25) is 0 Å². The number of benzene rings is 2. The normalized spacial score (nSPS) is 19.3. The molecule has 3 amide bonds. The Morgan fingerprint density at radius 1 is 0.608 bits per heavy atom. The lowest BCUT2D eigenvalue weighted by atomic mass is 10.1. The quantitative estimate of drug-likeness (QED) is 0.367. The van der Waals surface area contributed by atoms with Gasteiger partial charge in [-0.2, -0.15) is 0 Å². The van der Waals surface area contributed by atoms with Gasteiger partial charge >= 0.3 is 6.09 Å². The molecular formula is C39H56Cl2N6O4. The molecule has 12 heteroatoms. The van der Waals surface area contributed by atoms with Crippen molar-refractivity contribution in [1.82, 2.24) is 29.8 Å². The zero-order chi connectivity index (χ0) is 36.4. The van der Waals surface area contributed by atoms with Crippen molar-refractivity contribution in [1.29, 1.82) is 0 Å². The summed E-state index contributed by atoms with van der Waals surface area (Å²) in [5.41, 5.74) is 3.02. The van der Waals surface area contributed by atoms with Gasteiger partial charge in [0.1, 0.15) is 5.60 Å². The highest BCUT2D eigenvalue weighted by atomic mass is 35.5. The van der Waals surface area contributed by atoms with E-state index in [1.807, 2.05) is 60.9 Å². The maximum absolute atomic E-state index is 12.7. The number of amides is 3.